The zero-order valence-corrected chi connectivity index (χ0v) is 15.5. The largest absolute Gasteiger partial charge is 0.348 e. The summed E-state index contributed by atoms with van der Waals surface area (Å²) in [5.74, 6) is -0.223. The number of pyridine rings is 1. The molecule has 1 aromatic carbocycles. The molecule has 4 rings (SSSR count). The fourth-order valence-corrected chi connectivity index (χ4v) is 4.05. The van der Waals surface area contributed by atoms with Crippen molar-refractivity contribution in [2.24, 2.45) is 0 Å². The highest BCUT2D eigenvalue weighted by Gasteiger charge is 2.23. The lowest BCUT2D eigenvalue weighted by Gasteiger charge is -2.29. The maximum absolute atomic E-state index is 12.9. The van der Waals surface area contributed by atoms with Gasteiger partial charge < -0.3 is 10.2 Å². The van der Waals surface area contributed by atoms with Gasteiger partial charge in [0.05, 0.1) is 0 Å². The Hall–Kier alpha value is -2.69. The Balaban J connectivity index is 1.45. The highest BCUT2D eigenvalue weighted by atomic mass is 16.2. The molecule has 5 heteroatoms. The molecule has 5 nitrogen and oxygen atoms in total. The molecule has 2 aromatic rings. The average Bonchev–Trinajstić information content (AvgIpc) is 2.73. The van der Waals surface area contributed by atoms with E-state index in [4.69, 9.17) is 0 Å². The number of aromatic nitrogens is 1. The van der Waals surface area contributed by atoms with E-state index in [0.717, 1.165) is 32.1 Å². The molecule has 27 heavy (non-hydrogen) atoms. The predicted molar refractivity (Wildman–Crippen MR) is 103 cm³/mol. The van der Waals surface area contributed by atoms with Gasteiger partial charge >= 0.3 is 0 Å². The van der Waals surface area contributed by atoms with Gasteiger partial charge in [0.25, 0.3) is 11.8 Å². The van der Waals surface area contributed by atoms with Crippen molar-refractivity contribution in [3.05, 3.63) is 65.0 Å². The molecule has 2 aliphatic rings. The zero-order chi connectivity index (χ0) is 18.6. The van der Waals surface area contributed by atoms with E-state index in [-0.39, 0.29) is 17.9 Å². The minimum absolute atomic E-state index is 0.0429. The van der Waals surface area contributed by atoms with Crippen LogP contribution in [0.3, 0.4) is 0 Å². The summed E-state index contributed by atoms with van der Waals surface area (Å²) >= 11 is 0. The van der Waals surface area contributed by atoms with E-state index in [0.29, 0.717) is 24.3 Å². The van der Waals surface area contributed by atoms with Crippen LogP contribution >= 0.6 is 0 Å². The maximum atomic E-state index is 12.9. The highest BCUT2D eigenvalue weighted by molar-refractivity contribution is 5.98. The molecular weight excluding hydrogens is 338 g/mol. The third-order valence-electron chi connectivity index (χ3n) is 5.60. The van der Waals surface area contributed by atoms with Crippen molar-refractivity contribution in [3.8, 4) is 0 Å². The molecule has 1 aliphatic heterocycles. The Labute approximate surface area is 159 Å². The molecule has 2 heterocycles. The normalized spacial score (nSPS) is 17.3. The summed E-state index contributed by atoms with van der Waals surface area (Å²) < 4.78 is 0. The van der Waals surface area contributed by atoms with Gasteiger partial charge in [-0.3, -0.25) is 14.6 Å². The van der Waals surface area contributed by atoms with Crippen molar-refractivity contribution in [2.75, 3.05) is 6.54 Å². The number of nitrogens with zero attached hydrogens (tertiary/aromatic N) is 2. The van der Waals surface area contributed by atoms with Gasteiger partial charge in [-0.2, -0.15) is 0 Å². The van der Waals surface area contributed by atoms with Crippen molar-refractivity contribution < 1.29 is 9.59 Å². The Kier molecular flexibility index (Phi) is 5.19. The standard InChI is InChI=1S/C22H25N3O2/c26-21(24-19-8-2-1-3-9-19)20-14-17(10-12-23-20)22(27)25-13-11-16-6-4-5-7-18(16)15-25/h4-7,10,12,14,19H,1-3,8-9,11,13,15H2,(H,24,26). The van der Waals surface area contributed by atoms with Gasteiger partial charge in [-0.1, -0.05) is 43.5 Å². The maximum Gasteiger partial charge on any atom is 0.270 e. The Morgan fingerprint density at radius 1 is 1.04 bits per heavy atom. The van der Waals surface area contributed by atoms with Gasteiger partial charge in [0.2, 0.25) is 0 Å². The lowest BCUT2D eigenvalue weighted by molar-refractivity contribution is 0.0734. The second kappa shape index (κ2) is 7.91. The molecule has 140 valence electrons. The van der Waals surface area contributed by atoms with Gasteiger partial charge in [0.1, 0.15) is 5.69 Å². The first kappa shape index (κ1) is 17.7. The predicted octanol–water partition coefficient (Wildman–Crippen LogP) is 3.34. The van der Waals surface area contributed by atoms with Crippen molar-refractivity contribution in [1.82, 2.24) is 15.2 Å². The fraction of sp³-hybridized carbons (Fsp3) is 0.409. The molecule has 1 aromatic heterocycles. The summed E-state index contributed by atoms with van der Waals surface area (Å²) in [5, 5.41) is 3.07. The van der Waals surface area contributed by atoms with E-state index in [1.807, 2.05) is 17.0 Å². The van der Waals surface area contributed by atoms with Crippen LogP contribution in [0.4, 0.5) is 0 Å². The van der Waals surface area contributed by atoms with Crippen LogP contribution in [0.1, 0.15) is 64.1 Å². The van der Waals surface area contributed by atoms with Gasteiger partial charge in [-0.15, -0.1) is 0 Å². The Morgan fingerprint density at radius 3 is 2.63 bits per heavy atom. The van der Waals surface area contributed by atoms with Crippen LogP contribution in [0.5, 0.6) is 0 Å². The molecular formula is C22H25N3O2. The van der Waals surface area contributed by atoms with Crippen LogP contribution in [0.2, 0.25) is 0 Å². The van der Waals surface area contributed by atoms with Crippen LogP contribution in [0, 0.1) is 0 Å². The average molecular weight is 363 g/mol. The second-order valence-corrected chi connectivity index (χ2v) is 7.48. The van der Waals surface area contributed by atoms with Crippen molar-refractivity contribution in [3.63, 3.8) is 0 Å². The number of fused-ring (bicyclic) bond motifs is 1. The van der Waals surface area contributed by atoms with Crippen molar-refractivity contribution in [2.45, 2.75) is 51.1 Å². The number of nitrogens with one attached hydrogen (secondary N) is 1. The molecule has 0 atom stereocenters. The number of benzene rings is 1. The van der Waals surface area contributed by atoms with E-state index in [2.05, 4.69) is 22.4 Å². The molecule has 1 N–H and O–H groups in total. The SMILES string of the molecule is O=C(NC1CCCCC1)c1cc(C(=O)N2CCc3ccccc3C2)ccn1. The Morgan fingerprint density at radius 2 is 1.81 bits per heavy atom. The third-order valence-corrected chi connectivity index (χ3v) is 5.60. The van der Waals surface area contributed by atoms with E-state index in [1.165, 1.54) is 17.5 Å². The first-order valence-electron chi connectivity index (χ1n) is 9.84. The third kappa shape index (κ3) is 4.02. The van der Waals surface area contributed by atoms with Gasteiger partial charge in [-0.25, -0.2) is 0 Å². The van der Waals surface area contributed by atoms with Crippen LogP contribution in [-0.4, -0.2) is 34.3 Å². The molecule has 0 radical (unpaired) electrons. The molecule has 0 unspecified atom stereocenters. The van der Waals surface area contributed by atoms with Crippen molar-refractivity contribution in [1.29, 1.82) is 0 Å². The monoisotopic (exact) mass is 363 g/mol. The van der Waals surface area contributed by atoms with Gasteiger partial charge in [-0.05, 0) is 42.5 Å². The summed E-state index contributed by atoms with van der Waals surface area (Å²) in [4.78, 5) is 31.5. The van der Waals surface area contributed by atoms with Crippen LogP contribution in [0.15, 0.2) is 42.6 Å². The second-order valence-electron chi connectivity index (χ2n) is 7.48. The molecule has 0 saturated heterocycles. The Bertz CT molecular complexity index is 843. The smallest absolute Gasteiger partial charge is 0.270 e. The van der Waals surface area contributed by atoms with E-state index < -0.39 is 0 Å². The van der Waals surface area contributed by atoms with Gasteiger partial charge in [0.15, 0.2) is 0 Å². The van der Waals surface area contributed by atoms with Crippen LogP contribution in [0.25, 0.3) is 0 Å². The van der Waals surface area contributed by atoms with E-state index >= 15 is 0 Å². The number of carbonyl (C=O) groups is 2. The van der Waals surface area contributed by atoms with Gasteiger partial charge in [0, 0.05) is 30.9 Å². The number of hydrogen-bond donors (Lipinski definition) is 1. The summed E-state index contributed by atoms with van der Waals surface area (Å²) in [5.41, 5.74) is 3.35. The molecule has 1 saturated carbocycles. The highest BCUT2D eigenvalue weighted by Crippen LogP contribution is 2.21. The van der Waals surface area contributed by atoms with E-state index in [1.54, 1.807) is 18.3 Å². The summed E-state index contributed by atoms with van der Waals surface area (Å²) in [6.45, 7) is 1.31. The number of amides is 2. The summed E-state index contributed by atoms with van der Waals surface area (Å²) in [7, 11) is 0. The molecule has 2 amide bonds. The summed E-state index contributed by atoms with van der Waals surface area (Å²) in [6.07, 6.45) is 8.03. The van der Waals surface area contributed by atoms with Crippen molar-refractivity contribution >= 4 is 11.8 Å². The zero-order valence-electron chi connectivity index (χ0n) is 15.5. The molecule has 1 aliphatic carbocycles. The topological polar surface area (TPSA) is 62.3 Å². The quantitative estimate of drug-likeness (QED) is 0.910. The minimum Gasteiger partial charge on any atom is -0.348 e. The molecule has 0 spiro atoms. The van der Waals surface area contributed by atoms with E-state index in [9.17, 15) is 9.59 Å². The van der Waals surface area contributed by atoms with Crippen LogP contribution < -0.4 is 5.32 Å². The number of hydrogen-bond acceptors (Lipinski definition) is 3. The van der Waals surface area contributed by atoms with Crippen LogP contribution in [-0.2, 0) is 13.0 Å². The first-order valence-corrected chi connectivity index (χ1v) is 9.84. The molecule has 1 fully saturated rings. The lowest BCUT2D eigenvalue weighted by Crippen LogP contribution is -2.37. The first-order chi connectivity index (χ1) is 13.2. The number of carbonyl (C=O) groups excluding carboxylic acids is 2. The number of rotatable bonds is 3. The lowest BCUT2D eigenvalue weighted by atomic mass is 9.95. The fourth-order valence-electron chi connectivity index (χ4n) is 4.05. The minimum atomic E-state index is -0.180. The summed E-state index contributed by atoms with van der Waals surface area (Å²) in [6, 6.07) is 11.8. The molecule has 0 bridgehead atoms.